The van der Waals surface area contributed by atoms with Gasteiger partial charge in [0, 0.05) is 0 Å². The number of oxazole rings is 1. The molecule has 0 spiro atoms. The van der Waals surface area contributed by atoms with Crippen molar-refractivity contribution in [2.75, 3.05) is 7.11 Å². The van der Waals surface area contributed by atoms with Crippen LogP contribution >= 0.6 is 11.6 Å². The average Bonchev–Trinajstić information content (AvgIpc) is 2.77. The molecule has 0 amide bonds. The summed E-state index contributed by atoms with van der Waals surface area (Å²) in [7, 11) is 1.63. The SMILES string of the molecule is COc1ccc(C)cc1-c1cnc(CCl)o1. The van der Waals surface area contributed by atoms with Crippen LogP contribution in [0.4, 0.5) is 0 Å². The van der Waals surface area contributed by atoms with Crippen molar-refractivity contribution in [2.45, 2.75) is 12.8 Å². The van der Waals surface area contributed by atoms with Crippen LogP contribution in [-0.2, 0) is 5.88 Å². The van der Waals surface area contributed by atoms with Crippen LogP contribution in [0.1, 0.15) is 11.5 Å². The molecule has 0 aliphatic heterocycles. The molecule has 0 aliphatic rings. The molecule has 2 aromatic rings. The van der Waals surface area contributed by atoms with Crippen LogP contribution in [-0.4, -0.2) is 12.1 Å². The Kier molecular flexibility index (Phi) is 3.15. The largest absolute Gasteiger partial charge is 0.496 e. The lowest BCUT2D eigenvalue weighted by atomic mass is 10.1. The highest BCUT2D eigenvalue weighted by Gasteiger charge is 2.11. The van der Waals surface area contributed by atoms with Crippen molar-refractivity contribution in [3.63, 3.8) is 0 Å². The Morgan fingerprint density at radius 2 is 2.25 bits per heavy atom. The van der Waals surface area contributed by atoms with Crippen molar-refractivity contribution in [1.29, 1.82) is 0 Å². The van der Waals surface area contributed by atoms with E-state index in [0.29, 0.717) is 11.7 Å². The van der Waals surface area contributed by atoms with E-state index in [1.165, 1.54) is 0 Å². The van der Waals surface area contributed by atoms with Crippen LogP contribution in [0.5, 0.6) is 5.75 Å². The highest BCUT2D eigenvalue weighted by atomic mass is 35.5. The number of nitrogens with zero attached hydrogens (tertiary/aromatic N) is 1. The molecular weight excluding hydrogens is 226 g/mol. The predicted molar refractivity (Wildman–Crippen MR) is 62.8 cm³/mol. The first-order valence-corrected chi connectivity index (χ1v) is 5.43. The van der Waals surface area contributed by atoms with Gasteiger partial charge in [-0.25, -0.2) is 4.98 Å². The first-order chi connectivity index (χ1) is 7.74. The molecule has 4 heteroatoms. The molecule has 0 unspecified atom stereocenters. The van der Waals surface area contributed by atoms with E-state index in [2.05, 4.69) is 4.98 Å². The van der Waals surface area contributed by atoms with Crippen LogP contribution in [0.2, 0.25) is 0 Å². The second kappa shape index (κ2) is 4.58. The van der Waals surface area contributed by atoms with Gasteiger partial charge in [0.1, 0.15) is 5.75 Å². The number of hydrogen-bond acceptors (Lipinski definition) is 3. The van der Waals surface area contributed by atoms with Gasteiger partial charge in [-0.15, -0.1) is 11.6 Å². The second-order valence-corrected chi connectivity index (χ2v) is 3.72. The Bertz CT molecular complexity index is 494. The molecule has 1 heterocycles. The molecule has 0 radical (unpaired) electrons. The number of methoxy groups -OCH3 is 1. The average molecular weight is 238 g/mol. The topological polar surface area (TPSA) is 35.3 Å². The fourth-order valence-electron chi connectivity index (χ4n) is 1.51. The summed E-state index contributed by atoms with van der Waals surface area (Å²) in [6.07, 6.45) is 1.66. The van der Waals surface area contributed by atoms with E-state index in [0.717, 1.165) is 16.9 Å². The Morgan fingerprint density at radius 3 is 2.88 bits per heavy atom. The lowest BCUT2D eigenvalue weighted by molar-refractivity contribution is 0.414. The van der Waals surface area contributed by atoms with Gasteiger partial charge in [-0.05, 0) is 19.1 Å². The normalized spacial score (nSPS) is 10.4. The molecule has 0 aliphatic carbocycles. The third kappa shape index (κ3) is 2.04. The fraction of sp³-hybridized carbons (Fsp3) is 0.250. The molecule has 0 fully saturated rings. The zero-order valence-electron chi connectivity index (χ0n) is 9.16. The minimum Gasteiger partial charge on any atom is -0.496 e. The third-order valence-corrected chi connectivity index (χ3v) is 2.52. The van der Waals surface area contributed by atoms with Crippen LogP contribution in [0.25, 0.3) is 11.3 Å². The summed E-state index contributed by atoms with van der Waals surface area (Å²) in [6, 6.07) is 5.89. The number of aryl methyl sites for hydroxylation is 1. The molecule has 0 bridgehead atoms. The minimum absolute atomic E-state index is 0.272. The molecule has 0 atom stereocenters. The van der Waals surface area contributed by atoms with Gasteiger partial charge in [0.2, 0.25) is 5.89 Å². The summed E-state index contributed by atoms with van der Waals surface area (Å²) >= 11 is 5.65. The molecule has 84 valence electrons. The number of benzene rings is 1. The molecule has 1 aromatic heterocycles. The number of alkyl halides is 1. The predicted octanol–water partition coefficient (Wildman–Crippen LogP) is 3.40. The number of halogens is 1. The highest BCUT2D eigenvalue weighted by molar-refractivity contribution is 6.16. The molecular formula is C12H12ClNO2. The van der Waals surface area contributed by atoms with E-state index in [1.807, 2.05) is 25.1 Å². The van der Waals surface area contributed by atoms with E-state index < -0.39 is 0 Å². The van der Waals surface area contributed by atoms with Gasteiger partial charge in [0.15, 0.2) is 5.76 Å². The molecule has 2 rings (SSSR count). The van der Waals surface area contributed by atoms with Gasteiger partial charge in [-0.3, -0.25) is 0 Å². The lowest BCUT2D eigenvalue weighted by Gasteiger charge is -2.06. The van der Waals surface area contributed by atoms with Gasteiger partial charge < -0.3 is 9.15 Å². The van der Waals surface area contributed by atoms with Crippen molar-refractivity contribution >= 4 is 11.6 Å². The molecule has 3 nitrogen and oxygen atoms in total. The monoisotopic (exact) mass is 237 g/mol. The van der Waals surface area contributed by atoms with Crippen molar-refractivity contribution < 1.29 is 9.15 Å². The Labute approximate surface area is 99.0 Å². The third-order valence-electron chi connectivity index (χ3n) is 2.29. The Balaban J connectivity index is 2.49. The summed E-state index contributed by atoms with van der Waals surface area (Å²) in [5, 5.41) is 0. The van der Waals surface area contributed by atoms with E-state index in [4.69, 9.17) is 20.8 Å². The van der Waals surface area contributed by atoms with Crippen molar-refractivity contribution in [3.8, 4) is 17.1 Å². The summed E-state index contributed by atoms with van der Waals surface area (Å²) in [6.45, 7) is 2.02. The van der Waals surface area contributed by atoms with E-state index in [9.17, 15) is 0 Å². The van der Waals surface area contributed by atoms with Crippen LogP contribution in [0.3, 0.4) is 0 Å². The van der Waals surface area contributed by atoms with E-state index in [-0.39, 0.29) is 5.88 Å². The van der Waals surface area contributed by atoms with Gasteiger partial charge in [-0.1, -0.05) is 11.6 Å². The van der Waals surface area contributed by atoms with Crippen molar-refractivity contribution in [2.24, 2.45) is 0 Å². The quantitative estimate of drug-likeness (QED) is 0.768. The first-order valence-electron chi connectivity index (χ1n) is 4.90. The molecule has 0 saturated heterocycles. The Morgan fingerprint density at radius 1 is 1.44 bits per heavy atom. The zero-order valence-corrected chi connectivity index (χ0v) is 9.91. The number of ether oxygens (including phenoxy) is 1. The van der Waals surface area contributed by atoms with Crippen LogP contribution < -0.4 is 4.74 Å². The Hall–Kier alpha value is -1.48. The van der Waals surface area contributed by atoms with Gasteiger partial charge in [0.25, 0.3) is 0 Å². The summed E-state index contributed by atoms with van der Waals surface area (Å²) in [5.74, 6) is 2.23. The van der Waals surface area contributed by atoms with Gasteiger partial charge >= 0.3 is 0 Å². The number of hydrogen-bond donors (Lipinski definition) is 0. The maximum Gasteiger partial charge on any atom is 0.209 e. The van der Waals surface area contributed by atoms with Crippen LogP contribution in [0, 0.1) is 6.92 Å². The maximum atomic E-state index is 5.65. The van der Waals surface area contributed by atoms with Crippen molar-refractivity contribution in [3.05, 3.63) is 35.9 Å². The number of aromatic nitrogens is 1. The fourth-order valence-corrected chi connectivity index (χ4v) is 1.63. The van der Waals surface area contributed by atoms with Crippen molar-refractivity contribution in [1.82, 2.24) is 4.98 Å². The zero-order chi connectivity index (χ0) is 11.5. The molecule has 0 saturated carbocycles. The maximum absolute atomic E-state index is 5.65. The smallest absolute Gasteiger partial charge is 0.209 e. The highest BCUT2D eigenvalue weighted by Crippen LogP contribution is 2.31. The molecule has 0 N–H and O–H groups in total. The van der Waals surface area contributed by atoms with Gasteiger partial charge in [-0.2, -0.15) is 0 Å². The lowest BCUT2D eigenvalue weighted by Crippen LogP contribution is -1.87. The molecule has 16 heavy (non-hydrogen) atoms. The van der Waals surface area contributed by atoms with Crippen LogP contribution in [0.15, 0.2) is 28.8 Å². The minimum atomic E-state index is 0.272. The second-order valence-electron chi connectivity index (χ2n) is 3.46. The van der Waals surface area contributed by atoms with E-state index in [1.54, 1.807) is 13.3 Å². The van der Waals surface area contributed by atoms with E-state index >= 15 is 0 Å². The van der Waals surface area contributed by atoms with Gasteiger partial charge in [0.05, 0.1) is 24.8 Å². The summed E-state index contributed by atoms with van der Waals surface area (Å²) in [4.78, 5) is 4.06. The number of rotatable bonds is 3. The first kappa shape index (κ1) is 11.0. The summed E-state index contributed by atoms with van der Waals surface area (Å²) in [5.41, 5.74) is 2.03. The molecule has 1 aromatic carbocycles. The summed E-state index contributed by atoms with van der Waals surface area (Å²) < 4.78 is 10.8. The standard InChI is InChI=1S/C12H12ClNO2/c1-8-3-4-10(15-2)9(5-8)11-7-14-12(6-13)16-11/h3-5,7H,6H2,1-2H3.